The third-order valence-electron chi connectivity index (χ3n) is 6.30. The normalized spacial score (nSPS) is 15.5. The Bertz CT molecular complexity index is 1630. The van der Waals surface area contributed by atoms with Crippen molar-refractivity contribution in [3.05, 3.63) is 127 Å². The molecule has 2 aromatic heterocycles. The highest BCUT2D eigenvalue weighted by Gasteiger charge is 2.35. The van der Waals surface area contributed by atoms with Crippen molar-refractivity contribution < 1.29 is 9.53 Å². The lowest BCUT2D eigenvalue weighted by Gasteiger charge is -2.26. The van der Waals surface area contributed by atoms with Gasteiger partial charge < -0.3 is 4.74 Å². The number of carbonyl (C=O) groups is 1. The van der Waals surface area contributed by atoms with E-state index in [1.54, 1.807) is 23.9 Å². The van der Waals surface area contributed by atoms with Gasteiger partial charge in [0.15, 0.2) is 4.80 Å². The number of hydrogen-bond donors (Lipinski definition) is 0. The van der Waals surface area contributed by atoms with Gasteiger partial charge in [-0.3, -0.25) is 14.3 Å². The van der Waals surface area contributed by atoms with E-state index in [2.05, 4.69) is 31.0 Å². The van der Waals surface area contributed by atoms with Crippen molar-refractivity contribution in [2.75, 3.05) is 6.61 Å². The fourth-order valence-electron chi connectivity index (χ4n) is 4.43. The van der Waals surface area contributed by atoms with Crippen LogP contribution >= 0.6 is 11.3 Å². The van der Waals surface area contributed by atoms with Gasteiger partial charge >= 0.3 is 5.97 Å². The molecule has 0 saturated carbocycles. The van der Waals surface area contributed by atoms with Crippen molar-refractivity contribution in [2.24, 2.45) is 4.99 Å². The lowest BCUT2D eigenvalue weighted by atomic mass is 9.91. The van der Waals surface area contributed by atoms with Crippen LogP contribution in [0.4, 0.5) is 0 Å². The Morgan fingerprint density at radius 1 is 1.05 bits per heavy atom. The van der Waals surface area contributed by atoms with Gasteiger partial charge in [0.1, 0.15) is 0 Å². The molecule has 1 aliphatic heterocycles. The largest absolute Gasteiger partial charge is 0.463 e. The second-order valence-electron chi connectivity index (χ2n) is 9.03. The minimum absolute atomic E-state index is 0.201. The summed E-state index contributed by atoms with van der Waals surface area (Å²) >= 11 is 1.31. The first kappa shape index (κ1) is 24.6. The minimum atomic E-state index is -0.675. The molecule has 3 heterocycles. The summed E-state index contributed by atoms with van der Waals surface area (Å²) < 4.78 is 7.68. The first-order valence-corrected chi connectivity index (χ1v) is 13.1. The third kappa shape index (κ3) is 4.82. The van der Waals surface area contributed by atoms with Crippen molar-refractivity contribution in [3.8, 4) is 0 Å². The van der Waals surface area contributed by atoms with Gasteiger partial charge in [-0.05, 0) is 47.7 Å². The average molecular weight is 510 g/mol. The zero-order valence-corrected chi connectivity index (χ0v) is 21.7. The van der Waals surface area contributed by atoms with E-state index in [0.29, 0.717) is 26.5 Å². The first-order valence-electron chi connectivity index (χ1n) is 12.3. The summed E-state index contributed by atoms with van der Waals surface area (Å²) in [6, 6.07) is 20.7. The zero-order chi connectivity index (χ0) is 25.9. The maximum absolute atomic E-state index is 13.8. The third-order valence-corrected chi connectivity index (χ3v) is 7.28. The molecule has 4 aromatic rings. The van der Waals surface area contributed by atoms with E-state index < -0.39 is 12.0 Å². The van der Waals surface area contributed by atoms with E-state index in [9.17, 15) is 9.59 Å². The van der Waals surface area contributed by atoms with Crippen LogP contribution < -0.4 is 14.9 Å². The van der Waals surface area contributed by atoms with Gasteiger partial charge in [0, 0.05) is 18.0 Å². The Morgan fingerprint density at radius 2 is 1.76 bits per heavy atom. The van der Waals surface area contributed by atoms with Crippen LogP contribution in [0, 0.1) is 0 Å². The van der Waals surface area contributed by atoms with Gasteiger partial charge in [-0.1, -0.05) is 79.8 Å². The van der Waals surface area contributed by atoms with E-state index in [0.717, 1.165) is 16.7 Å². The second-order valence-corrected chi connectivity index (χ2v) is 10.0. The molecule has 0 N–H and O–H groups in total. The molecule has 186 valence electrons. The number of ether oxygens (including phenoxy) is 1. The standard InChI is InChI=1S/C30H27N3O3S/c1-4-36-29(35)25-26(22-8-6-5-7-9-22)32-30-33(27(25)23-12-10-21(11-13-23)19(2)3)28(34)24(37-30)18-20-14-16-31-17-15-20/h5-19,27H,4H2,1-3H3/b24-18-/t27-/m0/s1. The highest BCUT2D eigenvalue weighted by atomic mass is 32.1. The molecular weight excluding hydrogens is 482 g/mol. The number of nitrogens with zero attached hydrogens (tertiary/aromatic N) is 3. The maximum atomic E-state index is 13.8. The van der Waals surface area contributed by atoms with Crippen LogP contribution in [0.3, 0.4) is 0 Å². The summed E-state index contributed by atoms with van der Waals surface area (Å²) in [5, 5.41) is 0. The summed E-state index contributed by atoms with van der Waals surface area (Å²) in [5.41, 5.74) is 4.34. The Kier molecular flexibility index (Phi) is 6.97. The monoisotopic (exact) mass is 509 g/mol. The lowest BCUT2D eigenvalue weighted by molar-refractivity contribution is -0.138. The highest BCUT2D eigenvalue weighted by molar-refractivity contribution is 7.07. The van der Waals surface area contributed by atoms with Gasteiger partial charge in [0.25, 0.3) is 5.56 Å². The Balaban J connectivity index is 1.82. The summed E-state index contributed by atoms with van der Waals surface area (Å²) in [6.45, 7) is 6.26. The molecule has 0 bridgehead atoms. The van der Waals surface area contributed by atoms with Crippen LogP contribution in [-0.2, 0) is 9.53 Å². The Labute approximate surface area is 218 Å². The summed E-state index contributed by atoms with van der Waals surface area (Å²) in [5.74, 6) is -0.122. The van der Waals surface area contributed by atoms with Crippen molar-refractivity contribution in [2.45, 2.75) is 32.7 Å². The molecule has 0 unspecified atom stereocenters. The minimum Gasteiger partial charge on any atom is -0.463 e. The van der Waals surface area contributed by atoms with Gasteiger partial charge in [0.05, 0.1) is 28.5 Å². The number of benzene rings is 2. The first-order chi connectivity index (χ1) is 18.0. The number of rotatable bonds is 6. The quantitative estimate of drug-likeness (QED) is 0.360. The van der Waals surface area contributed by atoms with E-state index in [1.165, 1.54) is 16.9 Å². The van der Waals surface area contributed by atoms with Gasteiger partial charge in [0.2, 0.25) is 0 Å². The molecule has 0 fully saturated rings. The molecule has 0 aliphatic carbocycles. The van der Waals surface area contributed by atoms with Crippen LogP contribution in [0.1, 0.15) is 55.0 Å². The van der Waals surface area contributed by atoms with E-state index in [-0.39, 0.29) is 12.2 Å². The number of hydrogen-bond acceptors (Lipinski definition) is 6. The van der Waals surface area contributed by atoms with Crippen LogP contribution in [0.2, 0.25) is 0 Å². The summed E-state index contributed by atoms with van der Waals surface area (Å²) in [7, 11) is 0. The number of fused-ring (bicyclic) bond motifs is 1. The number of pyridine rings is 1. The van der Waals surface area contributed by atoms with Crippen LogP contribution in [0.25, 0.3) is 11.8 Å². The Morgan fingerprint density at radius 3 is 2.41 bits per heavy atom. The van der Waals surface area contributed by atoms with E-state index in [4.69, 9.17) is 9.73 Å². The lowest BCUT2D eigenvalue weighted by Crippen LogP contribution is -2.40. The van der Waals surface area contributed by atoms with Crippen molar-refractivity contribution >= 4 is 29.1 Å². The van der Waals surface area contributed by atoms with Crippen molar-refractivity contribution in [1.82, 2.24) is 9.55 Å². The number of carbonyl (C=O) groups excluding carboxylic acids is 1. The van der Waals surface area contributed by atoms with E-state index in [1.807, 2.05) is 60.7 Å². The molecule has 2 aromatic carbocycles. The van der Waals surface area contributed by atoms with Crippen LogP contribution in [0.5, 0.6) is 0 Å². The Hall–Kier alpha value is -4.10. The van der Waals surface area contributed by atoms with Gasteiger partial charge in [-0.2, -0.15) is 0 Å². The average Bonchev–Trinajstić information content (AvgIpc) is 3.23. The zero-order valence-electron chi connectivity index (χ0n) is 20.9. The SMILES string of the molecule is CCOC(=O)C1=C(c2ccccc2)N=c2s/c(=C\c3ccncc3)c(=O)n2[C@H]1c1ccc(C(C)C)cc1. The van der Waals surface area contributed by atoms with Gasteiger partial charge in [-0.25, -0.2) is 9.79 Å². The van der Waals surface area contributed by atoms with E-state index >= 15 is 0 Å². The van der Waals surface area contributed by atoms with Gasteiger partial charge in [-0.15, -0.1) is 0 Å². The predicted molar refractivity (Wildman–Crippen MR) is 146 cm³/mol. The molecule has 1 atom stereocenters. The molecule has 0 spiro atoms. The second kappa shape index (κ2) is 10.5. The molecule has 0 saturated heterocycles. The number of thiazole rings is 1. The fourth-order valence-corrected chi connectivity index (χ4v) is 5.43. The smallest absolute Gasteiger partial charge is 0.338 e. The van der Waals surface area contributed by atoms with Crippen molar-refractivity contribution in [1.29, 1.82) is 0 Å². The molecule has 0 amide bonds. The number of aromatic nitrogens is 2. The topological polar surface area (TPSA) is 73.6 Å². The van der Waals surface area contributed by atoms with Crippen molar-refractivity contribution in [3.63, 3.8) is 0 Å². The molecule has 1 aliphatic rings. The molecule has 7 heteroatoms. The number of esters is 1. The van der Waals surface area contributed by atoms with Crippen LogP contribution in [0.15, 0.2) is 94.5 Å². The highest BCUT2D eigenvalue weighted by Crippen LogP contribution is 2.35. The maximum Gasteiger partial charge on any atom is 0.338 e. The molecular formula is C30H27N3O3S. The molecule has 0 radical (unpaired) electrons. The predicted octanol–water partition coefficient (Wildman–Crippen LogP) is 4.45. The molecule has 37 heavy (non-hydrogen) atoms. The fraction of sp³-hybridized carbons (Fsp3) is 0.200. The summed E-state index contributed by atoms with van der Waals surface area (Å²) in [6.07, 6.45) is 5.21. The van der Waals surface area contributed by atoms with Crippen LogP contribution in [-0.4, -0.2) is 22.1 Å². The molecule has 6 nitrogen and oxygen atoms in total. The summed E-state index contributed by atoms with van der Waals surface area (Å²) in [4.78, 5) is 36.8. The molecule has 5 rings (SSSR count).